The second kappa shape index (κ2) is 5.86. The van der Waals surface area contributed by atoms with Crippen LogP contribution in [0.5, 0.6) is 0 Å². The zero-order chi connectivity index (χ0) is 17.6. The molecule has 0 saturated carbocycles. The number of rotatable bonds is 3. The highest BCUT2D eigenvalue weighted by atomic mass is 32.2. The maximum absolute atomic E-state index is 13.0. The Labute approximate surface area is 150 Å². The summed E-state index contributed by atoms with van der Waals surface area (Å²) >= 11 is 1.50. The summed E-state index contributed by atoms with van der Waals surface area (Å²) in [6.07, 6.45) is 2.30. The normalized spacial score (nSPS) is 13.9. The van der Waals surface area contributed by atoms with Gasteiger partial charge in [0.15, 0.2) is 0 Å². The molecule has 0 amide bonds. The molecule has 0 saturated heterocycles. The Morgan fingerprint density at radius 2 is 1.88 bits per heavy atom. The Kier molecular flexibility index (Phi) is 3.77. The average Bonchev–Trinajstić information content (AvgIpc) is 3.21. The second-order valence-corrected chi connectivity index (χ2v) is 8.98. The van der Waals surface area contributed by atoms with E-state index in [1.807, 2.05) is 37.3 Å². The first-order chi connectivity index (χ1) is 12.0. The fourth-order valence-corrected chi connectivity index (χ4v) is 5.34. The van der Waals surface area contributed by atoms with Gasteiger partial charge in [0.25, 0.3) is 10.0 Å². The summed E-state index contributed by atoms with van der Waals surface area (Å²) in [5, 5.41) is 0.739. The number of nitrogens with two attached hydrogens (primary N) is 1. The molecule has 128 valence electrons. The van der Waals surface area contributed by atoms with Crippen LogP contribution in [-0.2, 0) is 16.4 Å². The smallest absolute Gasteiger partial charge is 0.265 e. The van der Waals surface area contributed by atoms with Crippen molar-refractivity contribution in [1.82, 2.24) is 4.98 Å². The van der Waals surface area contributed by atoms with Crippen LogP contribution in [0, 0.1) is 6.92 Å². The molecule has 0 spiro atoms. The fourth-order valence-electron chi connectivity index (χ4n) is 3.06. The molecule has 2 N–H and O–H groups in total. The summed E-state index contributed by atoms with van der Waals surface area (Å²) in [7, 11) is -3.61. The highest BCUT2D eigenvalue weighted by Crippen LogP contribution is 2.39. The topological polar surface area (TPSA) is 76.3 Å². The number of sulfonamides is 1. The van der Waals surface area contributed by atoms with Crippen molar-refractivity contribution in [2.75, 3.05) is 16.6 Å². The van der Waals surface area contributed by atoms with Gasteiger partial charge in [0.2, 0.25) is 0 Å². The zero-order valence-electron chi connectivity index (χ0n) is 13.6. The van der Waals surface area contributed by atoms with Crippen molar-refractivity contribution in [2.45, 2.75) is 18.2 Å². The highest BCUT2D eigenvalue weighted by Gasteiger charge is 2.33. The van der Waals surface area contributed by atoms with Gasteiger partial charge in [-0.1, -0.05) is 17.7 Å². The molecule has 0 atom stereocenters. The molecule has 4 rings (SSSR count). The minimum absolute atomic E-state index is 0.290. The van der Waals surface area contributed by atoms with Gasteiger partial charge in [-0.3, -0.25) is 0 Å². The molecule has 1 aromatic carbocycles. The summed E-state index contributed by atoms with van der Waals surface area (Å²) in [6, 6.07) is 12.7. The number of benzene rings is 1. The van der Waals surface area contributed by atoms with Gasteiger partial charge >= 0.3 is 0 Å². The Balaban J connectivity index is 1.79. The number of aryl methyl sites for hydroxylation is 1. The number of nitrogens with zero attached hydrogens (tertiary/aromatic N) is 2. The molecule has 0 radical (unpaired) electrons. The Morgan fingerprint density at radius 3 is 2.56 bits per heavy atom. The van der Waals surface area contributed by atoms with Crippen molar-refractivity contribution in [3.63, 3.8) is 0 Å². The Hall–Kier alpha value is -2.38. The molecule has 0 fully saturated rings. The molecule has 7 heteroatoms. The quantitative estimate of drug-likeness (QED) is 0.765. The summed E-state index contributed by atoms with van der Waals surface area (Å²) in [5.41, 5.74) is 8.83. The van der Waals surface area contributed by atoms with Crippen LogP contribution in [0.15, 0.2) is 53.6 Å². The van der Waals surface area contributed by atoms with E-state index >= 15 is 0 Å². The van der Waals surface area contributed by atoms with E-state index < -0.39 is 10.0 Å². The number of hydrogen-bond acceptors (Lipinski definition) is 5. The van der Waals surface area contributed by atoms with E-state index in [1.165, 1.54) is 15.6 Å². The van der Waals surface area contributed by atoms with Gasteiger partial charge in [-0.05, 0) is 43.7 Å². The van der Waals surface area contributed by atoms with Crippen molar-refractivity contribution in [3.05, 3.63) is 59.8 Å². The molecule has 3 heterocycles. The second-order valence-electron chi connectivity index (χ2n) is 6.00. The number of anilines is 2. The van der Waals surface area contributed by atoms with Crippen molar-refractivity contribution in [3.8, 4) is 10.4 Å². The molecule has 1 aliphatic rings. The van der Waals surface area contributed by atoms with E-state index in [0.29, 0.717) is 23.7 Å². The van der Waals surface area contributed by atoms with Gasteiger partial charge in [-0.25, -0.2) is 17.7 Å². The molecule has 25 heavy (non-hydrogen) atoms. The number of thiophene rings is 1. The van der Waals surface area contributed by atoms with E-state index in [2.05, 4.69) is 4.98 Å². The van der Waals surface area contributed by atoms with Crippen LogP contribution in [0.4, 0.5) is 10.8 Å². The Morgan fingerprint density at radius 1 is 1.12 bits per heavy atom. The summed E-state index contributed by atoms with van der Waals surface area (Å²) in [5.74, 6) is 0.519. The van der Waals surface area contributed by atoms with Gasteiger partial charge in [0.1, 0.15) is 5.82 Å². The van der Waals surface area contributed by atoms with Crippen LogP contribution in [0.2, 0.25) is 0 Å². The van der Waals surface area contributed by atoms with Crippen LogP contribution in [0.25, 0.3) is 10.4 Å². The molecule has 0 aliphatic carbocycles. The van der Waals surface area contributed by atoms with E-state index in [9.17, 15) is 8.42 Å². The zero-order valence-corrected chi connectivity index (χ0v) is 15.3. The van der Waals surface area contributed by atoms with Gasteiger partial charge < -0.3 is 5.73 Å². The number of fused-ring (bicyclic) bond motifs is 1. The number of nitrogen functional groups attached to an aromatic ring is 1. The number of pyridine rings is 1. The predicted molar refractivity (Wildman–Crippen MR) is 101 cm³/mol. The molecule has 0 bridgehead atoms. The third-order valence-corrected chi connectivity index (χ3v) is 7.09. The molecule has 0 unspecified atom stereocenters. The summed E-state index contributed by atoms with van der Waals surface area (Å²) < 4.78 is 27.5. The first-order valence-corrected chi connectivity index (χ1v) is 10.2. The van der Waals surface area contributed by atoms with Gasteiger partial charge in [0, 0.05) is 28.7 Å². The van der Waals surface area contributed by atoms with Crippen molar-refractivity contribution >= 4 is 32.2 Å². The first-order valence-electron chi connectivity index (χ1n) is 7.90. The fraction of sp³-hybridized carbons (Fsp3) is 0.167. The lowest BCUT2D eigenvalue weighted by Crippen LogP contribution is -2.29. The first kappa shape index (κ1) is 16.1. The maximum atomic E-state index is 13.0. The third kappa shape index (κ3) is 2.69. The SMILES string of the molecule is Cc1ccc(S(=O)(=O)N2CCc3c(-c4ccc(N)s4)ccnc32)cc1. The standard InChI is InChI=1S/C18H17N3O2S2/c1-12-2-4-13(5-3-12)25(22,23)21-11-9-15-14(8-10-20-18(15)21)16-6-7-17(19)24-16/h2-8,10H,9,11,19H2,1H3. The van der Waals surface area contributed by atoms with E-state index in [1.54, 1.807) is 18.3 Å². The van der Waals surface area contributed by atoms with Crippen LogP contribution in [0.1, 0.15) is 11.1 Å². The lowest BCUT2D eigenvalue weighted by Gasteiger charge is -2.19. The molecule has 5 nitrogen and oxygen atoms in total. The van der Waals surface area contributed by atoms with Gasteiger partial charge in [-0.2, -0.15) is 0 Å². The summed E-state index contributed by atoms with van der Waals surface area (Å²) in [4.78, 5) is 5.69. The van der Waals surface area contributed by atoms with E-state index in [0.717, 1.165) is 26.6 Å². The van der Waals surface area contributed by atoms with E-state index in [-0.39, 0.29) is 0 Å². The van der Waals surface area contributed by atoms with Crippen molar-refractivity contribution < 1.29 is 8.42 Å². The highest BCUT2D eigenvalue weighted by molar-refractivity contribution is 7.92. The average molecular weight is 371 g/mol. The summed E-state index contributed by atoms with van der Waals surface area (Å²) in [6.45, 7) is 2.33. The molecule has 3 aromatic rings. The van der Waals surface area contributed by atoms with Gasteiger partial charge in [0.05, 0.1) is 9.90 Å². The van der Waals surface area contributed by atoms with Gasteiger partial charge in [-0.15, -0.1) is 11.3 Å². The van der Waals surface area contributed by atoms with Crippen LogP contribution in [-0.4, -0.2) is 19.9 Å². The molecule has 2 aromatic heterocycles. The number of hydrogen-bond donors (Lipinski definition) is 1. The third-order valence-electron chi connectivity index (χ3n) is 4.34. The minimum Gasteiger partial charge on any atom is -0.391 e. The number of aromatic nitrogens is 1. The van der Waals surface area contributed by atoms with E-state index in [4.69, 9.17) is 5.73 Å². The monoisotopic (exact) mass is 371 g/mol. The maximum Gasteiger partial charge on any atom is 0.265 e. The predicted octanol–water partition coefficient (Wildman–Crippen LogP) is 3.45. The van der Waals surface area contributed by atoms with Crippen LogP contribution < -0.4 is 10.0 Å². The van der Waals surface area contributed by atoms with Crippen molar-refractivity contribution in [1.29, 1.82) is 0 Å². The lowest BCUT2D eigenvalue weighted by molar-refractivity contribution is 0.592. The Bertz CT molecular complexity index is 1040. The van der Waals surface area contributed by atoms with Crippen LogP contribution >= 0.6 is 11.3 Å². The molecule has 1 aliphatic heterocycles. The largest absolute Gasteiger partial charge is 0.391 e. The van der Waals surface area contributed by atoms with Crippen molar-refractivity contribution in [2.24, 2.45) is 0 Å². The van der Waals surface area contributed by atoms with Crippen LogP contribution in [0.3, 0.4) is 0 Å². The molecular formula is C18H17N3O2S2. The minimum atomic E-state index is -3.61. The lowest BCUT2D eigenvalue weighted by atomic mass is 10.1. The molecular weight excluding hydrogens is 354 g/mol.